The maximum absolute atomic E-state index is 12.3. The molecule has 0 bridgehead atoms. The molecule has 0 radical (unpaired) electrons. The number of fused-ring (bicyclic) bond motifs is 1. The number of rotatable bonds is 3. The summed E-state index contributed by atoms with van der Waals surface area (Å²) in [5.74, 6) is 0.204. The van der Waals surface area contributed by atoms with Gasteiger partial charge in [0.05, 0.1) is 6.04 Å². The maximum atomic E-state index is 12.3. The first-order valence-corrected chi connectivity index (χ1v) is 7.21. The summed E-state index contributed by atoms with van der Waals surface area (Å²) in [7, 11) is 1.89. The number of carbonyl (C=O) groups is 1. The minimum atomic E-state index is 0.00924. The average Bonchev–Trinajstić information content (AvgIpc) is 3.01. The minimum absolute atomic E-state index is 0.00924. The molecule has 1 amide bonds. The van der Waals surface area contributed by atoms with Gasteiger partial charge in [-0.15, -0.1) is 0 Å². The molecule has 2 aromatic carbocycles. The van der Waals surface area contributed by atoms with E-state index in [1.54, 1.807) is 0 Å². The van der Waals surface area contributed by atoms with Crippen molar-refractivity contribution in [2.75, 3.05) is 13.6 Å². The first-order chi connectivity index (χ1) is 9.75. The fourth-order valence-corrected chi connectivity index (χ4v) is 2.93. The average molecular weight is 268 g/mol. The Labute approximate surface area is 119 Å². The van der Waals surface area contributed by atoms with Gasteiger partial charge in [0.25, 0.3) is 0 Å². The van der Waals surface area contributed by atoms with Crippen molar-refractivity contribution in [2.24, 2.45) is 0 Å². The lowest BCUT2D eigenvalue weighted by molar-refractivity contribution is -0.132. The van der Waals surface area contributed by atoms with E-state index >= 15 is 0 Å². The van der Waals surface area contributed by atoms with Crippen LogP contribution in [0.25, 0.3) is 10.8 Å². The minimum Gasteiger partial charge on any atom is -0.340 e. The first kappa shape index (κ1) is 13.1. The monoisotopic (exact) mass is 268 g/mol. The summed E-state index contributed by atoms with van der Waals surface area (Å²) >= 11 is 0. The highest BCUT2D eigenvalue weighted by Crippen LogP contribution is 2.20. The van der Waals surface area contributed by atoms with Crippen LogP contribution < -0.4 is 5.32 Å². The number of benzene rings is 2. The van der Waals surface area contributed by atoms with Crippen molar-refractivity contribution in [1.29, 1.82) is 0 Å². The third kappa shape index (κ3) is 2.54. The molecule has 1 saturated heterocycles. The Bertz CT molecular complexity index is 612. The molecule has 1 unspecified atom stereocenters. The van der Waals surface area contributed by atoms with Crippen molar-refractivity contribution >= 4 is 16.7 Å². The largest absolute Gasteiger partial charge is 0.340 e. The predicted molar refractivity (Wildman–Crippen MR) is 81.4 cm³/mol. The molecule has 1 heterocycles. The van der Waals surface area contributed by atoms with Crippen LogP contribution in [0.3, 0.4) is 0 Å². The normalized spacial score (nSPS) is 18.4. The Balaban J connectivity index is 1.80. The number of carbonyl (C=O) groups excluding carboxylic acids is 1. The molecule has 2 aromatic rings. The third-order valence-corrected chi connectivity index (χ3v) is 4.02. The Morgan fingerprint density at radius 3 is 2.85 bits per heavy atom. The van der Waals surface area contributed by atoms with Crippen LogP contribution in [-0.2, 0) is 11.3 Å². The summed E-state index contributed by atoms with van der Waals surface area (Å²) in [5, 5.41) is 5.73. The summed E-state index contributed by atoms with van der Waals surface area (Å²) in [6.07, 6.45) is 2.05. The Morgan fingerprint density at radius 1 is 1.25 bits per heavy atom. The van der Waals surface area contributed by atoms with Crippen molar-refractivity contribution in [3.63, 3.8) is 0 Å². The standard InChI is InChI=1S/C17H20N2O/c1-19(17(20)16-10-5-11-18-16)12-14-8-4-7-13-6-2-3-9-15(13)14/h2-4,6-9,16,18H,5,10-12H2,1H3. The molecule has 0 aromatic heterocycles. The van der Waals surface area contributed by atoms with E-state index in [9.17, 15) is 4.79 Å². The van der Waals surface area contributed by atoms with Crippen molar-refractivity contribution in [3.05, 3.63) is 48.0 Å². The van der Waals surface area contributed by atoms with E-state index in [-0.39, 0.29) is 11.9 Å². The fourth-order valence-electron chi connectivity index (χ4n) is 2.93. The molecular formula is C17H20N2O. The van der Waals surface area contributed by atoms with E-state index in [1.807, 2.05) is 24.1 Å². The van der Waals surface area contributed by atoms with Gasteiger partial charge in [-0.3, -0.25) is 4.79 Å². The van der Waals surface area contributed by atoms with E-state index in [4.69, 9.17) is 0 Å². The molecule has 104 valence electrons. The zero-order chi connectivity index (χ0) is 13.9. The van der Waals surface area contributed by atoms with E-state index < -0.39 is 0 Å². The molecule has 0 spiro atoms. The molecule has 3 nitrogen and oxygen atoms in total. The lowest BCUT2D eigenvalue weighted by Gasteiger charge is -2.22. The molecule has 20 heavy (non-hydrogen) atoms. The highest BCUT2D eigenvalue weighted by atomic mass is 16.2. The first-order valence-electron chi connectivity index (χ1n) is 7.21. The molecule has 1 N–H and O–H groups in total. The summed E-state index contributed by atoms with van der Waals surface area (Å²) in [6.45, 7) is 1.62. The molecule has 0 saturated carbocycles. The summed E-state index contributed by atoms with van der Waals surface area (Å²) in [4.78, 5) is 14.2. The van der Waals surface area contributed by atoms with Crippen LogP contribution >= 0.6 is 0 Å². The van der Waals surface area contributed by atoms with Gasteiger partial charge in [0, 0.05) is 13.6 Å². The van der Waals surface area contributed by atoms with Crippen LogP contribution in [0.2, 0.25) is 0 Å². The second-order valence-electron chi connectivity index (χ2n) is 5.48. The van der Waals surface area contributed by atoms with Gasteiger partial charge in [0.1, 0.15) is 0 Å². The molecule has 1 aliphatic rings. The van der Waals surface area contributed by atoms with Crippen LogP contribution in [0.15, 0.2) is 42.5 Å². The summed E-state index contributed by atoms with van der Waals surface area (Å²) in [5.41, 5.74) is 1.21. The predicted octanol–water partition coefficient (Wildman–Crippen LogP) is 2.55. The molecule has 0 aliphatic carbocycles. The van der Waals surface area contributed by atoms with E-state index in [0.717, 1.165) is 19.4 Å². The highest BCUT2D eigenvalue weighted by Gasteiger charge is 2.24. The molecular weight excluding hydrogens is 248 g/mol. The second kappa shape index (κ2) is 5.63. The number of hydrogen-bond donors (Lipinski definition) is 1. The van der Waals surface area contributed by atoms with Crippen molar-refractivity contribution in [2.45, 2.75) is 25.4 Å². The van der Waals surface area contributed by atoms with E-state index in [2.05, 4.69) is 35.6 Å². The van der Waals surface area contributed by atoms with Gasteiger partial charge in [-0.1, -0.05) is 42.5 Å². The highest BCUT2D eigenvalue weighted by molar-refractivity contribution is 5.87. The van der Waals surface area contributed by atoms with Crippen LogP contribution in [-0.4, -0.2) is 30.4 Å². The zero-order valence-corrected chi connectivity index (χ0v) is 11.8. The fraction of sp³-hybridized carbons (Fsp3) is 0.353. The van der Waals surface area contributed by atoms with Gasteiger partial charge in [-0.25, -0.2) is 0 Å². The number of nitrogens with zero attached hydrogens (tertiary/aromatic N) is 1. The van der Waals surface area contributed by atoms with Gasteiger partial charge in [0.15, 0.2) is 0 Å². The molecule has 1 atom stereocenters. The maximum Gasteiger partial charge on any atom is 0.239 e. The van der Waals surface area contributed by atoms with Crippen LogP contribution in [0.1, 0.15) is 18.4 Å². The zero-order valence-electron chi connectivity index (χ0n) is 11.8. The number of likely N-dealkylation sites (N-methyl/N-ethyl adjacent to an activating group) is 1. The molecule has 3 heteroatoms. The lowest BCUT2D eigenvalue weighted by Crippen LogP contribution is -2.41. The number of amides is 1. The summed E-state index contributed by atoms with van der Waals surface area (Å²) in [6, 6.07) is 14.6. The van der Waals surface area contributed by atoms with Crippen molar-refractivity contribution < 1.29 is 4.79 Å². The van der Waals surface area contributed by atoms with Crippen molar-refractivity contribution in [1.82, 2.24) is 10.2 Å². The lowest BCUT2D eigenvalue weighted by atomic mass is 10.0. The smallest absolute Gasteiger partial charge is 0.239 e. The van der Waals surface area contributed by atoms with Gasteiger partial charge >= 0.3 is 0 Å². The van der Waals surface area contributed by atoms with Crippen LogP contribution in [0, 0.1) is 0 Å². The van der Waals surface area contributed by atoms with Gasteiger partial charge in [0.2, 0.25) is 5.91 Å². The molecule has 1 fully saturated rings. The van der Waals surface area contributed by atoms with E-state index in [0.29, 0.717) is 6.54 Å². The van der Waals surface area contributed by atoms with Crippen LogP contribution in [0.5, 0.6) is 0 Å². The topological polar surface area (TPSA) is 32.3 Å². The molecule has 1 aliphatic heterocycles. The Kier molecular flexibility index (Phi) is 3.70. The van der Waals surface area contributed by atoms with E-state index in [1.165, 1.54) is 16.3 Å². The quantitative estimate of drug-likeness (QED) is 0.928. The van der Waals surface area contributed by atoms with Gasteiger partial charge < -0.3 is 10.2 Å². The summed E-state index contributed by atoms with van der Waals surface area (Å²) < 4.78 is 0. The third-order valence-electron chi connectivity index (χ3n) is 4.02. The Hall–Kier alpha value is -1.87. The SMILES string of the molecule is CN(Cc1cccc2ccccc12)C(=O)C1CCCN1. The Morgan fingerprint density at radius 2 is 2.05 bits per heavy atom. The van der Waals surface area contributed by atoms with Crippen molar-refractivity contribution in [3.8, 4) is 0 Å². The van der Waals surface area contributed by atoms with Crippen LogP contribution in [0.4, 0.5) is 0 Å². The molecule has 3 rings (SSSR count). The van der Waals surface area contributed by atoms with Gasteiger partial charge in [-0.05, 0) is 35.7 Å². The second-order valence-corrected chi connectivity index (χ2v) is 5.48. The number of hydrogen-bond acceptors (Lipinski definition) is 2. The van der Waals surface area contributed by atoms with Gasteiger partial charge in [-0.2, -0.15) is 0 Å². The number of nitrogens with one attached hydrogen (secondary N) is 1.